The molecule has 6 rings (SSSR count). The van der Waals surface area contributed by atoms with E-state index in [0.717, 1.165) is 44.9 Å². The lowest BCUT2D eigenvalue weighted by Gasteiger charge is -2.49. The summed E-state index contributed by atoms with van der Waals surface area (Å²) in [5.74, 6) is 1.66. The van der Waals surface area contributed by atoms with E-state index >= 15 is 0 Å². The molecule has 32 heavy (non-hydrogen) atoms. The van der Waals surface area contributed by atoms with Crippen LogP contribution in [0.1, 0.15) is 39.5 Å². The van der Waals surface area contributed by atoms with Gasteiger partial charge in [0, 0.05) is 55.8 Å². The van der Waals surface area contributed by atoms with Crippen molar-refractivity contribution in [1.29, 1.82) is 0 Å². The second-order valence-electron chi connectivity index (χ2n) is 11.0. The van der Waals surface area contributed by atoms with Crippen molar-refractivity contribution in [2.75, 3.05) is 44.7 Å². The highest BCUT2D eigenvalue weighted by Gasteiger charge is 2.78. The Labute approximate surface area is 191 Å². The third kappa shape index (κ3) is 2.95. The summed E-state index contributed by atoms with van der Waals surface area (Å²) >= 11 is 0. The molecule has 6 heteroatoms. The predicted molar refractivity (Wildman–Crippen MR) is 122 cm³/mol. The molecular formula is C26H36N2O4. The molecular weight excluding hydrogens is 404 g/mol. The van der Waals surface area contributed by atoms with E-state index in [0.29, 0.717) is 5.92 Å². The lowest BCUT2D eigenvalue weighted by atomic mass is 9.53. The number of carbonyl (C=O) groups is 1. The molecule has 1 spiro atoms. The van der Waals surface area contributed by atoms with E-state index < -0.39 is 0 Å². The number of benzene rings is 1. The lowest BCUT2D eigenvalue weighted by molar-refractivity contribution is -0.146. The number of piperazine rings is 1. The molecule has 5 fully saturated rings. The Morgan fingerprint density at radius 1 is 1.22 bits per heavy atom. The van der Waals surface area contributed by atoms with Crippen LogP contribution in [0.15, 0.2) is 24.3 Å². The van der Waals surface area contributed by atoms with E-state index in [1.54, 1.807) is 7.11 Å². The van der Waals surface area contributed by atoms with E-state index in [1.807, 2.05) is 12.1 Å². The number of methoxy groups -OCH3 is 1. The number of hydrogen-bond donors (Lipinski definition) is 0. The maximum absolute atomic E-state index is 13.0. The zero-order valence-electron chi connectivity index (χ0n) is 19.6. The van der Waals surface area contributed by atoms with Crippen molar-refractivity contribution in [3.63, 3.8) is 0 Å². The summed E-state index contributed by atoms with van der Waals surface area (Å²) in [6.07, 6.45) is 4.94. The van der Waals surface area contributed by atoms with E-state index in [1.165, 1.54) is 24.9 Å². The van der Waals surface area contributed by atoms with E-state index in [9.17, 15) is 4.79 Å². The largest absolute Gasteiger partial charge is 0.497 e. The summed E-state index contributed by atoms with van der Waals surface area (Å²) in [6, 6.07) is 8.27. The van der Waals surface area contributed by atoms with Crippen LogP contribution in [0.3, 0.4) is 0 Å². The van der Waals surface area contributed by atoms with Gasteiger partial charge in [-0.25, -0.2) is 0 Å². The minimum atomic E-state index is -0.0496. The Bertz CT molecular complexity index is 900. The molecule has 2 aliphatic carbocycles. The SMILES string of the molecule is COc1cccc(N2CCN(CC3C(=O)OC4CC5(C)CCCC(C)C56OC6C43)CC2)c1. The van der Waals surface area contributed by atoms with Crippen LogP contribution in [0.5, 0.6) is 5.75 Å². The van der Waals surface area contributed by atoms with Crippen LogP contribution in [0.2, 0.25) is 0 Å². The molecule has 3 saturated heterocycles. The number of carbonyl (C=O) groups excluding carboxylic acids is 1. The van der Waals surface area contributed by atoms with Gasteiger partial charge in [-0.15, -0.1) is 0 Å². The van der Waals surface area contributed by atoms with Crippen LogP contribution < -0.4 is 9.64 Å². The molecule has 7 atom stereocenters. The fourth-order valence-electron chi connectivity index (χ4n) is 7.72. The molecule has 174 valence electrons. The molecule has 1 aromatic rings. The Hall–Kier alpha value is -1.79. The quantitative estimate of drug-likeness (QED) is 0.529. The molecule has 1 aromatic carbocycles. The number of epoxide rings is 1. The first-order chi connectivity index (χ1) is 15.4. The summed E-state index contributed by atoms with van der Waals surface area (Å²) in [7, 11) is 1.71. The predicted octanol–water partition coefficient (Wildman–Crippen LogP) is 3.34. The Morgan fingerprint density at radius 3 is 2.81 bits per heavy atom. The number of rotatable bonds is 4. The maximum atomic E-state index is 13.0. The molecule has 0 aromatic heterocycles. The molecule has 5 aliphatic rings. The number of anilines is 1. The molecule has 6 nitrogen and oxygen atoms in total. The highest BCUT2D eigenvalue weighted by atomic mass is 16.6. The average Bonchev–Trinajstić information content (AvgIpc) is 3.48. The Kier molecular flexibility index (Phi) is 4.78. The van der Waals surface area contributed by atoms with Gasteiger partial charge in [-0.1, -0.05) is 26.3 Å². The number of esters is 1. The van der Waals surface area contributed by atoms with Gasteiger partial charge in [-0.05, 0) is 37.3 Å². The first-order valence-electron chi connectivity index (χ1n) is 12.4. The summed E-state index contributed by atoms with van der Waals surface area (Å²) in [6.45, 7) is 9.39. The van der Waals surface area contributed by atoms with Gasteiger partial charge in [0.15, 0.2) is 0 Å². The smallest absolute Gasteiger partial charge is 0.311 e. The molecule has 2 saturated carbocycles. The van der Waals surface area contributed by atoms with E-state index in [4.69, 9.17) is 14.2 Å². The lowest BCUT2D eigenvalue weighted by Crippen LogP contribution is -2.55. The molecule has 0 N–H and O–H groups in total. The summed E-state index contributed by atoms with van der Waals surface area (Å²) in [5, 5.41) is 0. The molecule has 3 heterocycles. The van der Waals surface area contributed by atoms with Crippen LogP contribution in [-0.4, -0.2) is 68.5 Å². The fourth-order valence-corrected chi connectivity index (χ4v) is 7.72. The minimum Gasteiger partial charge on any atom is -0.497 e. The van der Waals surface area contributed by atoms with Crippen LogP contribution in [0.25, 0.3) is 0 Å². The van der Waals surface area contributed by atoms with Gasteiger partial charge < -0.3 is 19.1 Å². The van der Waals surface area contributed by atoms with Crippen LogP contribution in [0, 0.1) is 23.2 Å². The highest BCUT2D eigenvalue weighted by Crippen LogP contribution is 2.70. The Balaban J connectivity index is 1.13. The molecule has 0 amide bonds. The fraction of sp³-hybridized carbons (Fsp3) is 0.731. The summed E-state index contributed by atoms with van der Waals surface area (Å²) in [4.78, 5) is 17.9. The van der Waals surface area contributed by atoms with Gasteiger partial charge in [0.1, 0.15) is 17.5 Å². The second-order valence-corrected chi connectivity index (χ2v) is 11.0. The number of ether oxygens (including phenoxy) is 3. The van der Waals surface area contributed by atoms with Gasteiger partial charge in [0.25, 0.3) is 0 Å². The van der Waals surface area contributed by atoms with Crippen molar-refractivity contribution in [1.82, 2.24) is 4.90 Å². The number of nitrogens with zero attached hydrogens (tertiary/aromatic N) is 2. The van der Waals surface area contributed by atoms with Crippen molar-refractivity contribution < 1.29 is 19.0 Å². The zero-order valence-corrected chi connectivity index (χ0v) is 19.6. The van der Waals surface area contributed by atoms with Crippen molar-refractivity contribution in [3.8, 4) is 5.75 Å². The summed E-state index contributed by atoms with van der Waals surface area (Å²) < 4.78 is 18.0. The van der Waals surface area contributed by atoms with Gasteiger partial charge in [-0.3, -0.25) is 9.69 Å². The van der Waals surface area contributed by atoms with Crippen molar-refractivity contribution in [2.24, 2.45) is 23.2 Å². The van der Waals surface area contributed by atoms with Crippen molar-refractivity contribution in [2.45, 2.75) is 57.3 Å². The third-order valence-electron chi connectivity index (χ3n) is 9.44. The zero-order chi connectivity index (χ0) is 22.1. The molecule has 3 aliphatic heterocycles. The van der Waals surface area contributed by atoms with E-state index in [2.05, 4.69) is 35.8 Å². The van der Waals surface area contributed by atoms with Gasteiger partial charge in [0.05, 0.1) is 19.1 Å². The second kappa shape index (κ2) is 7.36. The third-order valence-corrected chi connectivity index (χ3v) is 9.44. The van der Waals surface area contributed by atoms with Gasteiger partial charge >= 0.3 is 5.97 Å². The van der Waals surface area contributed by atoms with Crippen LogP contribution in [0.4, 0.5) is 5.69 Å². The van der Waals surface area contributed by atoms with Crippen molar-refractivity contribution >= 4 is 11.7 Å². The minimum absolute atomic E-state index is 0.00998. The topological polar surface area (TPSA) is 54.5 Å². The standard InChI is InChI=1S/C26H36N2O4/c1-17-6-5-9-25(2)15-21-22(23-26(17,25)32-23)20(24(29)31-21)16-27-10-12-28(13-11-27)18-7-4-8-19(14-18)30-3/h4,7-8,14,17,20-23H,5-6,9-13,15-16H2,1-3H3. The number of hydrogen-bond acceptors (Lipinski definition) is 6. The monoisotopic (exact) mass is 440 g/mol. The van der Waals surface area contributed by atoms with Crippen LogP contribution >= 0.6 is 0 Å². The molecule has 7 unspecified atom stereocenters. The first-order valence-corrected chi connectivity index (χ1v) is 12.4. The maximum Gasteiger partial charge on any atom is 0.311 e. The van der Waals surface area contributed by atoms with Gasteiger partial charge in [0.2, 0.25) is 0 Å². The highest BCUT2D eigenvalue weighted by molar-refractivity contribution is 5.76. The summed E-state index contributed by atoms with van der Waals surface area (Å²) in [5.41, 5.74) is 1.35. The van der Waals surface area contributed by atoms with Crippen LogP contribution in [-0.2, 0) is 14.3 Å². The normalized spacial score (nSPS) is 43.2. The van der Waals surface area contributed by atoms with Gasteiger partial charge in [-0.2, -0.15) is 0 Å². The first kappa shape index (κ1) is 20.8. The average molecular weight is 441 g/mol. The number of fused-ring (bicyclic) bond motifs is 2. The van der Waals surface area contributed by atoms with E-state index in [-0.39, 0.29) is 41.0 Å². The Morgan fingerprint density at radius 2 is 2.03 bits per heavy atom. The van der Waals surface area contributed by atoms with Crippen molar-refractivity contribution in [3.05, 3.63) is 24.3 Å². The molecule has 0 bridgehead atoms. The molecule has 0 radical (unpaired) electrons.